The zero-order valence-electron chi connectivity index (χ0n) is 15.7. The molecule has 7 nitrogen and oxygen atoms in total. The van der Waals surface area contributed by atoms with E-state index in [4.69, 9.17) is 0 Å². The second-order valence-corrected chi connectivity index (χ2v) is 6.85. The zero-order valence-corrected chi connectivity index (χ0v) is 15.7. The van der Waals surface area contributed by atoms with Crippen LogP contribution in [0, 0.1) is 5.82 Å². The van der Waals surface area contributed by atoms with E-state index in [2.05, 4.69) is 20.9 Å². The Morgan fingerprint density at radius 1 is 0.931 bits per heavy atom. The molecule has 3 aromatic rings. The minimum atomic E-state index is -0.511. The number of amides is 2. The first-order valence-corrected chi connectivity index (χ1v) is 9.52. The fourth-order valence-corrected chi connectivity index (χ4v) is 3.49. The molecule has 0 spiro atoms. The minimum Gasteiger partial charge on any atom is -0.266 e. The third kappa shape index (κ3) is 4.01. The molecule has 1 aromatic carbocycles. The Morgan fingerprint density at radius 3 is 2.45 bits per heavy atom. The summed E-state index contributed by atoms with van der Waals surface area (Å²) in [5, 5.41) is 4.50. The number of nitrogens with zero attached hydrogens (tertiary/aromatic N) is 3. The minimum absolute atomic E-state index is 0.198. The molecule has 8 heteroatoms. The molecular weight excluding hydrogens is 373 g/mol. The summed E-state index contributed by atoms with van der Waals surface area (Å²) in [6, 6.07) is 11.0. The molecule has 148 valence electrons. The van der Waals surface area contributed by atoms with Crippen molar-refractivity contribution < 1.29 is 14.0 Å². The van der Waals surface area contributed by atoms with Gasteiger partial charge in [0.1, 0.15) is 11.5 Å². The van der Waals surface area contributed by atoms with E-state index in [1.807, 2.05) is 0 Å². The standard InChI is InChI=1S/C21H20FN5O2/c22-14-9-11-15(12-10-14)27-18-8-3-1-2-6-16(18)19(26-27)21(29)25-24-20(28)17-7-4-5-13-23-17/h4-5,7,9-13H,1-3,6,8H2,(H,24,28)(H,25,29). The largest absolute Gasteiger partial charge is 0.290 e. The number of hydrogen-bond donors (Lipinski definition) is 2. The number of carbonyl (C=O) groups is 2. The Morgan fingerprint density at radius 2 is 1.69 bits per heavy atom. The van der Waals surface area contributed by atoms with Crippen molar-refractivity contribution in [2.75, 3.05) is 0 Å². The molecule has 2 N–H and O–H groups in total. The highest BCUT2D eigenvalue weighted by Gasteiger charge is 2.25. The lowest BCUT2D eigenvalue weighted by atomic mass is 10.1. The third-order valence-electron chi connectivity index (χ3n) is 4.90. The van der Waals surface area contributed by atoms with Gasteiger partial charge >= 0.3 is 0 Å². The summed E-state index contributed by atoms with van der Waals surface area (Å²) >= 11 is 0. The average molecular weight is 393 g/mol. The van der Waals surface area contributed by atoms with Gasteiger partial charge in [-0.25, -0.2) is 9.07 Å². The summed E-state index contributed by atoms with van der Waals surface area (Å²) < 4.78 is 15.0. The fraction of sp³-hybridized carbons (Fsp3) is 0.238. The topological polar surface area (TPSA) is 88.9 Å². The molecular formula is C21H20FN5O2. The maximum absolute atomic E-state index is 13.3. The molecule has 0 saturated carbocycles. The number of fused-ring (bicyclic) bond motifs is 1. The van der Waals surface area contributed by atoms with Gasteiger partial charge in [0, 0.05) is 17.5 Å². The lowest BCUT2D eigenvalue weighted by Gasteiger charge is -2.07. The van der Waals surface area contributed by atoms with E-state index in [1.54, 1.807) is 35.0 Å². The van der Waals surface area contributed by atoms with Crippen LogP contribution in [0.4, 0.5) is 4.39 Å². The molecule has 1 aliphatic carbocycles. The second-order valence-electron chi connectivity index (χ2n) is 6.85. The molecule has 0 aliphatic heterocycles. The van der Waals surface area contributed by atoms with Crippen LogP contribution < -0.4 is 10.9 Å². The van der Waals surface area contributed by atoms with Crippen LogP contribution in [0.15, 0.2) is 48.7 Å². The smallest absolute Gasteiger partial charge is 0.266 e. The normalized spacial score (nSPS) is 13.3. The van der Waals surface area contributed by atoms with Crippen LogP contribution in [0.2, 0.25) is 0 Å². The Kier molecular flexibility index (Phi) is 5.33. The number of benzene rings is 1. The van der Waals surface area contributed by atoms with Gasteiger partial charge in [-0.15, -0.1) is 0 Å². The molecule has 2 amide bonds. The van der Waals surface area contributed by atoms with Crippen molar-refractivity contribution in [2.24, 2.45) is 0 Å². The van der Waals surface area contributed by atoms with Gasteiger partial charge in [-0.1, -0.05) is 12.5 Å². The van der Waals surface area contributed by atoms with Crippen LogP contribution in [-0.2, 0) is 12.8 Å². The van der Waals surface area contributed by atoms with Crippen molar-refractivity contribution in [2.45, 2.75) is 32.1 Å². The lowest BCUT2D eigenvalue weighted by Crippen LogP contribution is -2.42. The summed E-state index contributed by atoms with van der Waals surface area (Å²) in [6.07, 6.45) is 6.04. The molecule has 0 unspecified atom stereocenters. The number of aromatic nitrogens is 3. The van der Waals surface area contributed by atoms with E-state index in [0.717, 1.165) is 43.4 Å². The highest BCUT2D eigenvalue weighted by atomic mass is 19.1. The summed E-state index contributed by atoms with van der Waals surface area (Å²) in [5.74, 6) is -1.33. The van der Waals surface area contributed by atoms with Crippen LogP contribution in [-0.4, -0.2) is 26.6 Å². The van der Waals surface area contributed by atoms with Crippen molar-refractivity contribution in [3.63, 3.8) is 0 Å². The van der Waals surface area contributed by atoms with Gasteiger partial charge in [0.25, 0.3) is 11.8 Å². The highest BCUT2D eigenvalue weighted by molar-refractivity contribution is 5.98. The Hall–Kier alpha value is -3.55. The van der Waals surface area contributed by atoms with Crippen molar-refractivity contribution in [1.82, 2.24) is 25.6 Å². The maximum Gasteiger partial charge on any atom is 0.290 e. The Bertz CT molecular complexity index is 1030. The first-order valence-electron chi connectivity index (χ1n) is 9.52. The molecule has 29 heavy (non-hydrogen) atoms. The van der Waals surface area contributed by atoms with Gasteiger partial charge in [-0.2, -0.15) is 5.10 Å². The first kappa shape index (κ1) is 18.8. The van der Waals surface area contributed by atoms with Crippen molar-refractivity contribution >= 4 is 11.8 Å². The molecule has 1 aliphatic rings. The van der Waals surface area contributed by atoms with Gasteiger partial charge in [0.05, 0.1) is 5.69 Å². The first-order chi connectivity index (χ1) is 14.1. The van der Waals surface area contributed by atoms with Gasteiger partial charge in [0.2, 0.25) is 0 Å². The summed E-state index contributed by atoms with van der Waals surface area (Å²) in [4.78, 5) is 28.9. The SMILES string of the molecule is O=C(NNC(=O)c1nn(-c2ccc(F)cc2)c2c1CCCCC2)c1ccccn1. The van der Waals surface area contributed by atoms with Gasteiger partial charge in [0.15, 0.2) is 5.69 Å². The number of hydrazine groups is 1. The number of nitrogens with one attached hydrogen (secondary N) is 2. The molecule has 2 aromatic heterocycles. The van der Waals surface area contributed by atoms with Crippen LogP contribution in [0.5, 0.6) is 0 Å². The predicted molar refractivity (Wildman–Crippen MR) is 104 cm³/mol. The number of hydrogen-bond acceptors (Lipinski definition) is 4. The molecule has 0 saturated heterocycles. The second kappa shape index (κ2) is 8.22. The molecule has 0 bridgehead atoms. The number of rotatable bonds is 3. The quantitative estimate of drug-likeness (QED) is 0.529. The summed E-state index contributed by atoms with van der Waals surface area (Å²) in [5.41, 5.74) is 7.79. The molecule has 0 atom stereocenters. The van der Waals surface area contributed by atoms with E-state index in [0.29, 0.717) is 5.69 Å². The Balaban J connectivity index is 1.60. The molecule has 0 radical (unpaired) electrons. The third-order valence-corrected chi connectivity index (χ3v) is 4.90. The van der Waals surface area contributed by atoms with Crippen LogP contribution >= 0.6 is 0 Å². The van der Waals surface area contributed by atoms with E-state index in [9.17, 15) is 14.0 Å². The van der Waals surface area contributed by atoms with Crippen LogP contribution in [0.3, 0.4) is 0 Å². The lowest BCUT2D eigenvalue weighted by molar-refractivity contribution is 0.0840. The van der Waals surface area contributed by atoms with Gasteiger partial charge in [-0.05, 0) is 62.1 Å². The van der Waals surface area contributed by atoms with Crippen molar-refractivity contribution in [3.05, 3.63) is 77.1 Å². The predicted octanol–water partition coefficient (Wildman–Crippen LogP) is 2.75. The van der Waals surface area contributed by atoms with Gasteiger partial charge in [-0.3, -0.25) is 25.4 Å². The monoisotopic (exact) mass is 393 g/mol. The number of halogens is 1. The molecule has 4 rings (SSSR count). The van der Waals surface area contributed by atoms with Crippen molar-refractivity contribution in [3.8, 4) is 5.69 Å². The van der Waals surface area contributed by atoms with E-state index < -0.39 is 11.8 Å². The van der Waals surface area contributed by atoms with E-state index in [-0.39, 0.29) is 17.2 Å². The number of carbonyl (C=O) groups excluding carboxylic acids is 2. The van der Waals surface area contributed by atoms with E-state index >= 15 is 0 Å². The number of pyridine rings is 1. The fourth-order valence-electron chi connectivity index (χ4n) is 3.49. The summed E-state index contributed by atoms with van der Waals surface area (Å²) in [7, 11) is 0. The van der Waals surface area contributed by atoms with Crippen LogP contribution in [0.25, 0.3) is 5.69 Å². The molecule has 0 fully saturated rings. The van der Waals surface area contributed by atoms with Crippen molar-refractivity contribution in [1.29, 1.82) is 0 Å². The van der Waals surface area contributed by atoms with E-state index in [1.165, 1.54) is 18.3 Å². The average Bonchev–Trinajstić information content (AvgIpc) is 2.94. The molecule has 2 heterocycles. The van der Waals surface area contributed by atoms with Gasteiger partial charge < -0.3 is 0 Å². The highest BCUT2D eigenvalue weighted by Crippen LogP contribution is 2.26. The van der Waals surface area contributed by atoms with Crippen LogP contribution in [0.1, 0.15) is 51.5 Å². The maximum atomic E-state index is 13.3. The summed E-state index contributed by atoms with van der Waals surface area (Å²) in [6.45, 7) is 0. The zero-order chi connectivity index (χ0) is 20.2. The Labute approximate surface area is 166 Å².